The molecule has 2 N–H and O–H groups in total. The summed E-state index contributed by atoms with van der Waals surface area (Å²) in [6.07, 6.45) is 2.35. The van der Waals surface area contributed by atoms with E-state index in [0.717, 1.165) is 5.75 Å². The van der Waals surface area contributed by atoms with Crippen molar-refractivity contribution in [2.24, 2.45) is 5.73 Å². The fraction of sp³-hybridized carbons (Fsp3) is 0.571. The highest BCUT2D eigenvalue weighted by Gasteiger charge is 2.49. The van der Waals surface area contributed by atoms with Crippen LogP contribution in [-0.2, 0) is 5.41 Å². The predicted molar refractivity (Wildman–Crippen MR) is 74.7 cm³/mol. The highest BCUT2D eigenvalue weighted by Crippen LogP contribution is 2.55. The van der Waals surface area contributed by atoms with Gasteiger partial charge in [-0.3, -0.25) is 0 Å². The fourth-order valence-electron chi connectivity index (χ4n) is 2.91. The molecule has 0 saturated heterocycles. The molecule has 94 valence electrons. The van der Waals surface area contributed by atoms with E-state index in [0.29, 0.717) is 0 Å². The minimum atomic E-state index is 0.157. The summed E-state index contributed by atoms with van der Waals surface area (Å²) in [4.78, 5) is 0. The lowest BCUT2D eigenvalue weighted by atomic mass is 9.85. The standard InChI is InChI=1S/C14H20BrNO/c1-8-7-11(15)12(9(2)13(8)17-4)14(5-6-14)10(3)16/h7,10H,5-6,16H2,1-4H3. The molecule has 0 amide bonds. The molecular weight excluding hydrogens is 278 g/mol. The maximum absolute atomic E-state index is 6.17. The van der Waals surface area contributed by atoms with Gasteiger partial charge in [0.1, 0.15) is 5.75 Å². The molecule has 0 bridgehead atoms. The molecule has 0 spiro atoms. The molecule has 1 aromatic carbocycles. The predicted octanol–water partition coefficient (Wildman–Crippen LogP) is 3.45. The first kappa shape index (κ1) is 12.9. The van der Waals surface area contributed by atoms with Gasteiger partial charge in [0.15, 0.2) is 0 Å². The Bertz CT molecular complexity index is 450. The Morgan fingerprint density at radius 2 is 2.00 bits per heavy atom. The van der Waals surface area contributed by atoms with E-state index >= 15 is 0 Å². The molecule has 17 heavy (non-hydrogen) atoms. The summed E-state index contributed by atoms with van der Waals surface area (Å²) in [6.45, 7) is 6.31. The van der Waals surface area contributed by atoms with Gasteiger partial charge in [-0.1, -0.05) is 15.9 Å². The fourth-order valence-corrected chi connectivity index (χ4v) is 3.94. The molecule has 1 aliphatic carbocycles. The van der Waals surface area contributed by atoms with Gasteiger partial charge in [-0.05, 0) is 56.4 Å². The Labute approximate surface area is 112 Å². The van der Waals surface area contributed by atoms with E-state index in [-0.39, 0.29) is 11.5 Å². The second-order valence-corrected chi connectivity index (χ2v) is 6.01. The van der Waals surface area contributed by atoms with Gasteiger partial charge in [0, 0.05) is 15.9 Å². The Morgan fingerprint density at radius 1 is 1.41 bits per heavy atom. The minimum Gasteiger partial charge on any atom is -0.496 e. The first-order chi connectivity index (χ1) is 7.94. The SMILES string of the molecule is COc1c(C)cc(Br)c(C2(C(C)N)CC2)c1C. The van der Waals surface area contributed by atoms with Gasteiger partial charge in [0.2, 0.25) is 0 Å². The molecule has 0 radical (unpaired) electrons. The second kappa shape index (κ2) is 4.29. The lowest BCUT2D eigenvalue weighted by molar-refractivity contribution is 0.406. The van der Waals surface area contributed by atoms with Gasteiger partial charge < -0.3 is 10.5 Å². The molecule has 1 fully saturated rings. The topological polar surface area (TPSA) is 35.2 Å². The van der Waals surface area contributed by atoms with Crippen LogP contribution in [0.1, 0.15) is 36.5 Å². The Morgan fingerprint density at radius 3 is 2.41 bits per heavy atom. The van der Waals surface area contributed by atoms with Gasteiger partial charge in [0.25, 0.3) is 0 Å². The van der Waals surface area contributed by atoms with Crippen LogP contribution in [0.15, 0.2) is 10.5 Å². The van der Waals surface area contributed by atoms with Crippen molar-refractivity contribution >= 4 is 15.9 Å². The summed E-state index contributed by atoms with van der Waals surface area (Å²) in [5, 5.41) is 0. The van der Waals surface area contributed by atoms with E-state index in [4.69, 9.17) is 10.5 Å². The molecule has 1 aliphatic rings. The monoisotopic (exact) mass is 297 g/mol. The highest BCUT2D eigenvalue weighted by molar-refractivity contribution is 9.10. The molecule has 0 aromatic heterocycles. The van der Waals surface area contributed by atoms with E-state index in [2.05, 4.69) is 42.8 Å². The van der Waals surface area contributed by atoms with Crippen molar-refractivity contribution in [2.75, 3.05) is 7.11 Å². The van der Waals surface area contributed by atoms with E-state index in [1.54, 1.807) is 7.11 Å². The highest BCUT2D eigenvalue weighted by atomic mass is 79.9. The smallest absolute Gasteiger partial charge is 0.125 e. The van der Waals surface area contributed by atoms with Crippen molar-refractivity contribution in [3.63, 3.8) is 0 Å². The summed E-state index contributed by atoms with van der Waals surface area (Å²) < 4.78 is 6.68. The molecular formula is C14H20BrNO. The van der Waals surface area contributed by atoms with Crippen LogP contribution in [0, 0.1) is 13.8 Å². The number of rotatable bonds is 3. The largest absolute Gasteiger partial charge is 0.496 e. The lowest BCUT2D eigenvalue weighted by Gasteiger charge is -2.25. The molecule has 1 atom stereocenters. The number of hydrogen-bond acceptors (Lipinski definition) is 2. The number of aryl methyl sites for hydroxylation is 1. The number of ether oxygens (including phenoxy) is 1. The molecule has 1 unspecified atom stereocenters. The number of hydrogen-bond donors (Lipinski definition) is 1. The van der Waals surface area contributed by atoms with Crippen LogP contribution in [0.2, 0.25) is 0 Å². The molecule has 3 heteroatoms. The van der Waals surface area contributed by atoms with Crippen LogP contribution in [0.3, 0.4) is 0 Å². The Kier molecular flexibility index (Phi) is 3.25. The van der Waals surface area contributed by atoms with Gasteiger partial charge in [-0.2, -0.15) is 0 Å². The van der Waals surface area contributed by atoms with Crippen LogP contribution >= 0.6 is 15.9 Å². The quantitative estimate of drug-likeness (QED) is 0.927. The summed E-state index contributed by atoms with van der Waals surface area (Å²) in [5.41, 5.74) is 10.1. The van der Waals surface area contributed by atoms with Crippen molar-refractivity contribution in [2.45, 2.75) is 45.1 Å². The second-order valence-electron chi connectivity index (χ2n) is 5.15. The first-order valence-corrected chi connectivity index (χ1v) is 6.83. The summed E-state index contributed by atoms with van der Waals surface area (Å²) >= 11 is 3.69. The summed E-state index contributed by atoms with van der Waals surface area (Å²) in [7, 11) is 1.73. The van der Waals surface area contributed by atoms with E-state index in [1.165, 1.54) is 34.0 Å². The third-order valence-electron chi connectivity index (χ3n) is 4.02. The first-order valence-electron chi connectivity index (χ1n) is 6.04. The lowest BCUT2D eigenvalue weighted by Crippen LogP contribution is -2.32. The minimum absolute atomic E-state index is 0.157. The third kappa shape index (κ3) is 1.89. The number of methoxy groups -OCH3 is 1. The number of halogens is 1. The zero-order chi connectivity index (χ0) is 12.8. The van der Waals surface area contributed by atoms with E-state index in [1.807, 2.05) is 0 Å². The van der Waals surface area contributed by atoms with Gasteiger partial charge >= 0.3 is 0 Å². The third-order valence-corrected chi connectivity index (χ3v) is 4.64. The van der Waals surface area contributed by atoms with Gasteiger partial charge in [-0.15, -0.1) is 0 Å². The Hall–Kier alpha value is -0.540. The van der Waals surface area contributed by atoms with Crippen molar-refractivity contribution in [3.8, 4) is 5.75 Å². The average Bonchev–Trinajstić information content (AvgIpc) is 2.98. The average molecular weight is 298 g/mol. The zero-order valence-corrected chi connectivity index (χ0v) is 12.5. The molecule has 0 heterocycles. The van der Waals surface area contributed by atoms with Crippen molar-refractivity contribution in [3.05, 3.63) is 27.2 Å². The van der Waals surface area contributed by atoms with Crippen LogP contribution in [0.25, 0.3) is 0 Å². The molecule has 1 saturated carbocycles. The van der Waals surface area contributed by atoms with Gasteiger partial charge in [0.05, 0.1) is 7.11 Å². The van der Waals surface area contributed by atoms with E-state index < -0.39 is 0 Å². The van der Waals surface area contributed by atoms with E-state index in [9.17, 15) is 0 Å². The zero-order valence-electron chi connectivity index (χ0n) is 10.9. The maximum atomic E-state index is 6.17. The molecule has 1 aromatic rings. The number of nitrogens with two attached hydrogens (primary N) is 1. The van der Waals surface area contributed by atoms with Crippen LogP contribution < -0.4 is 10.5 Å². The van der Waals surface area contributed by atoms with Crippen LogP contribution in [-0.4, -0.2) is 13.2 Å². The molecule has 2 rings (SSSR count). The van der Waals surface area contributed by atoms with Crippen LogP contribution in [0.4, 0.5) is 0 Å². The van der Waals surface area contributed by atoms with Crippen molar-refractivity contribution in [1.29, 1.82) is 0 Å². The van der Waals surface area contributed by atoms with Gasteiger partial charge in [-0.25, -0.2) is 0 Å². The summed E-state index contributed by atoms with van der Waals surface area (Å²) in [6, 6.07) is 2.33. The maximum Gasteiger partial charge on any atom is 0.125 e. The number of benzene rings is 1. The Balaban J connectivity index is 2.62. The normalized spacial score (nSPS) is 18.9. The molecule has 2 nitrogen and oxygen atoms in total. The summed E-state index contributed by atoms with van der Waals surface area (Å²) in [5.74, 6) is 0.995. The van der Waals surface area contributed by atoms with Crippen molar-refractivity contribution < 1.29 is 4.74 Å². The molecule has 0 aliphatic heterocycles. The van der Waals surface area contributed by atoms with Crippen LogP contribution in [0.5, 0.6) is 5.75 Å². The van der Waals surface area contributed by atoms with Crippen molar-refractivity contribution in [1.82, 2.24) is 0 Å².